The molecule has 0 radical (unpaired) electrons. The molecule has 0 aliphatic heterocycles. The zero-order valence-corrected chi connectivity index (χ0v) is 52.0. The monoisotopic (exact) mass is 1080 g/mol. The zero-order chi connectivity index (χ0) is 55.7. The number of allylic oxidation sites excluding steroid dienone is 6. The molecule has 2 unspecified atom stereocenters. The molecule has 0 rings (SSSR count). The van der Waals surface area contributed by atoms with E-state index >= 15 is 0 Å². The molecule has 0 aromatic rings. The Morgan fingerprint density at radius 2 is 0.675 bits per heavy atom. The summed E-state index contributed by atoms with van der Waals surface area (Å²) in [5.74, 6) is -0.0285. The first-order valence-corrected chi connectivity index (χ1v) is 34.7. The smallest absolute Gasteiger partial charge is 0.305 e. The molecule has 0 fully saturated rings. The first kappa shape index (κ1) is 75.1. The van der Waals surface area contributed by atoms with E-state index < -0.39 is 12.1 Å². The molecule has 0 bridgehead atoms. The second kappa shape index (κ2) is 66.6. The van der Waals surface area contributed by atoms with E-state index in [9.17, 15) is 19.8 Å². The molecule has 1 amide bonds. The Morgan fingerprint density at radius 1 is 0.364 bits per heavy atom. The molecule has 0 spiro atoms. The summed E-state index contributed by atoms with van der Waals surface area (Å²) in [5, 5.41) is 23.4. The lowest BCUT2D eigenvalue weighted by atomic mass is 10.0. The highest BCUT2D eigenvalue weighted by Crippen LogP contribution is 2.18. The second-order valence-electron chi connectivity index (χ2n) is 23.9. The Balaban J connectivity index is 3.37. The van der Waals surface area contributed by atoms with Crippen molar-refractivity contribution >= 4 is 11.9 Å². The number of amides is 1. The van der Waals surface area contributed by atoms with Gasteiger partial charge in [0.15, 0.2) is 0 Å². The maximum absolute atomic E-state index is 12.5. The van der Waals surface area contributed by atoms with Crippen molar-refractivity contribution < 1.29 is 24.5 Å². The molecule has 6 heteroatoms. The fourth-order valence-electron chi connectivity index (χ4n) is 10.9. The second-order valence-corrected chi connectivity index (χ2v) is 23.9. The molecule has 6 nitrogen and oxygen atoms in total. The number of carbonyl (C=O) groups is 2. The Labute approximate surface area is 481 Å². The molecule has 77 heavy (non-hydrogen) atoms. The molecule has 0 heterocycles. The van der Waals surface area contributed by atoms with Gasteiger partial charge in [-0.1, -0.05) is 326 Å². The zero-order valence-electron chi connectivity index (χ0n) is 52.0. The van der Waals surface area contributed by atoms with Crippen LogP contribution in [0.2, 0.25) is 0 Å². The van der Waals surface area contributed by atoms with Crippen LogP contribution < -0.4 is 5.32 Å². The molecular formula is C71H135NO5. The number of nitrogens with one attached hydrogen (secondary N) is 1. The third-order valence-corrected chi connectivity index (χ3v) is 16.1. The molecule has 0 saturated heterocycles. The van der Waals surface area contributed by atoms with E-state index in [1.54, 1.807) is 0 Å². The minimum absolute atomic E-state index is 0.00196. The van der Waals surface area contributed by atoms with Crippen LogP contribution in [0.15, 0.2) is 36.5 Å². The quantitative estimate of drug-likeness (QED) is 0.0320. The number of hydrogen-bond donors (Lipinski definition) is 3. The SMILES string of the molecule is CCC/C=C\C/C=C\CCCCCCCC(=O)OCCCCCCCCCCCCCC/C=C\CCCCCCCCCCCCCCCCC(=O)NC(CO)C(O)CCCCCCCCCCCCCCCCCCC. The summed E-state index contributed by atoms with van der Waals surface area (Å²) in [5.41, 5.74) is 0. The van der Waals surface area contributed by atoms with Gasteiger partial charge in [0.05, 0.1) is 25.4 Å². The van der Waals surface area contributed by atoms with E-state index in [4.69, 9.17) is 4.74 Å². The molecule has 0 aliphatic carbocycles. The lowest BCUT2D eigenvalue weighted by Gasteiger charge is -2.22. The van der Waals surface area contributed by atoms with Crippen molar-refractivity contribution in [3.8, 4) is 0 Å². The van der Waals surface area contributed by atoms with Gasteiger partial charge < -0.3 is 20.3 Å². The van der Waals surface area contributed by atoms with Gasteiger partial charge in [0, 0.05) is 12.8 Å². The highest BCUT2D eigenvalue weighted by molar-refractivity contribution is 5.76. The summed E-state index contributed by atoms with van der Waals surface area (Å²) >= 11 is 0. The normalized spacial score (nSPS) is 12.7. The minimum Gasteiger partial charge on any atom is -0.466 e. The van der Waals surface area contributed by atoms with Crippen LogP contribution in [-0.4, -0.2) is 47.4 Å². The predicted octanol–water partition coefficient (Wildman–Crippen LogP) is 22.3. The van der Waals surface area contributed by atoms with E-state index in [0.29, 0.717) is 25.9 Å². The molecule has 2 atom stereocenters. The van der Waals surface area contributed by atoms with E-state index in [1.807, 2.05) is 0 Å². The van der Waals surface area contributed by atoms with Gasteiger partial charge >= 0.3 is 5.97 Å². The number of aliphatic hydroxyl groups excluding tert-OH is 2. The predicted molar refractivity (Wildman–Crippen MR) is 338 cm³/mol. The van der Waals surface area contributed by atoms with Crippen LogP contribution in [0.1, 0.15) is 380 Å². The lowest BCUT2D eigenvalue weighted by molar-refractivity contribution is -0.143. The third-order valence-electron chi connectivity index (χ3n) is 16.1. The number of unbranched alkanes of at least 4 members (excludes halogenated alkanes) is 48. The number of hydrogen-bond acceptors (Lipinski definition) is 5. The van der Waals surface area contributed by atoms with Crippen molar-refractivity contribution in [1.29, 1.82) is 0 Å². The van der Waals surface area contributed by atoms with Crippen LogP contribution in [0, 0.1) is 0 Å². The summed E-state index contributed by atoms with van der Waals surface area (Å²) in [7, 11) is 0. The number of esters is 1. The van der Waals surface area contributed by atoms with Crippen molar-refractivity contribution in [2.24, 2.45) is 0 Å². The lowest BCUT2D eigenvalue weighted by Crippen LogP contribution is -2.45. The number of ether oxygens (including phenoxy) is 1. The van der Waals surface area contributed by atoms with Crippen LogP contribution in [0.25, 0.3) is 0 Å². The number of carbonyl (C=O) groups excluding carboxylic acids is 2. The van der Waals surface area contributed by atoms with Gasteiger partial charge in [-0.15, -0.1) is 0 Å². The summed E-state index contributed by atoms with van der Waals surface area (Å²) in [6.07, 6.45) is 84.8. The summed E-state index contributed by atoms with van der Waals surface area (Å²) in [6, 6.07) is -0.541. The summed E-state index contributed by atoms with van der Waals surface area (Å²) in [6.45, 7) is 4.91. The average molecular weight is 1080 g/mol. The molecule has 0 aromatic heterocycles. The standard InChI is InChI=1S/C71H135NO5/c1-3-5-7-9-11-13-15-17-18-33-36-40-43-47-51-55-59-63-69(74)68(67-73)72-70(75)64-60-56-52-48-44-41-37-34-31-29-27-25-23-21-19-20-22-24-26-28-30-32-35-38-42-46-50-54-58-62-66-77-71(76)65-61-57-53-49-45-39-16-14-12-10-8-6-4-2/h8,10,14,16,20,22,68-69,73-74H,3-7,9,11-13,15,17-19,21,23-67H2,1-2H3,(H,72,75)/b10-8-,16-14-,22-20-. The van der Waals surface area contributed by atoms with E-state index in [2.05, 4.69) is 55.6 Å². The fourth-order valence-corrected chi connectivity index (χ4v) is 10.9. The average Bonchev–Trinajstić information content (AvgIpc) is 3.43. The first-order valence-electron chi connectivity index (χ1n) is 34.7. The Morgan fingerprint density at radius 3 is 1.05 bits per heavy atom. The van der Waals surface area contributed by atoms with E-state index in [-0.39, 0.29) is 18.5 Å². The summed E-state index contributed by atoms with van der Waals surface area (Å²) in [4.78, 5) is 24.6. The largest absolute Gasteiger partial charge is 0.466 e. The van der Waals surface area contributed by atoms with E-state index in [1.165, 1.54) is 295 Å². The Kier molecular flexibility index (Phi) is 64.9. The van der Waals surface area contributed by atoms with Gasteiger partial charge in [0.25, 0.3) is 0 Å². The maximum atomic E-state index is 12.5. The fraction of sp³-hybridized carbons (Fsp3) is 0.887. The van der Waals surface area contributed by atoms with Crippen LogP contribution in [0.3, 0.4) is 0 Å². The number of rotatable bonds is 65. The minimum atomic E-state index is -0.664. The Bertz CT molecular complexity index is 1250. The van der Waals surface area contributed by atoms with Crippen molar-refractivity contribution in [2.75, 3.05) is 13.2 Å². The van der Waals surface area contributed by atoms with Crippen molar-refractivity contribution in [1.82, 2.24) is 5.32 Å². The van der Waals surface area contributed by atoms with Gasteiger partial charge in [-0.3, -0.25) is 9.59 Å². The van der Waals surface area contributed by atoms with Gasteiger partial charge in [0.2, 0.25) is 5.91 Å². The molecular weight excluding hydrogens is 947 g/mol. The van der Waals surface area contributed by atoms with Crippen molar-refractivity contribution in [3.05, 3.63) is 36.5 Å². The van der Waals surface area contributed by atoms with Crippen LogP contribution in [0.4, 0.5) is 0 Å². The summed E-state index contributed by atoms with van der Waals surface area (Å²) < 4.78 is 5.47. The highest BCUT2D eigenvalue weighted by atomic mass is 16.5. The number of aliphatic hydroxyl groups is 2. The Hall–Kier alpha value is -1.92. The molecule has 3 N–H and O–H groups in total. The molecule has 0 aromatic carbocycles. The van der Waals surface area contributed by atoms with Gasteiger partial charge in [-0.05, 0) is 77.0 Å². The maximum Gasteiger partial charge on any atom is 0.305 e. The molecule has 454 valence electrons. The van der Waals surface area contributed by atoms with Crippen LogP contribution >= 0.6 is 0 Å². The van der Waals surface area contributed by atoms with Gasteiger partial charge in [-0.25, -0.2) is 0 Å². The van der Waals surface area contributed by atoms with Crippen molar-refractivity contribution in [3.63, 3.8) is 0 Å². The topological polar surface area (TPSA) is 95.9 Å². The van der Waals surface area contributed by atoms with Gasteiger partial charge in [-0.2, -0.15) is 0 Å². The van der Waals surface area contributed by atoms with Crippen molar-refractivity contribution in [2.45, 2.75) is 392 Å². The van der Waals surface area contributed by atoms with Crippen LogP contribution in [-0.2, 0) is 14.3 Å². The molecule has 0 aliphatic rings. The van der Waals surface area contributed by atoms with Crippen LogP contribution in [0.5, 0.6) is 0 Å². The van der Waals surface area contributed by atoms with Gasteiger partial charge in [0.1, 0.15) is 0 Å². The van der Waals surface area contributed by atoms with E-state index in [0.717, 1.165) is 51.4 Å². The molecule has 0 saturated carbocycles. The third kappa shape index (κ3) is 63.1. The first-order chi connectivity index (χ1) is 38.0. The highest BCUT2D eigenvalue weighted by Gasteiger charge is 2.20.